The maximum atomic E-state index is 12.9. The maximum absolute atomic E-state index is 12.9. The number of nitrogens with one attached hydrogen (secondary N) is 1. The molecule has 6 nitrogen and oxygen atoms in total. The van der Waals surface area contributed by atoms with Gasteiger partial charge in [-0.15, -0.1) is 0 Å². The summed E-state index contributed by atoms with van der Waals surface area (Å²) in [6.45, 7) is 14.1. The number of rotatable bonds is 9. The van der Waals surface area contributed by atoms with Gasteiger partial charge in [0.25, 0.3) is 0 Å². The van der Waals surface area contributed by atoms with Crippen LogP contribution in [0, 0.1) is 0 Å². The molecule has 0 aromatic heterocycles. The third kappa shape index (κ3) is 8.88. The lowest BCUT2D eigenvalue weighted by atomic mass is 10.1. The van der Waals surface area contributed by atoms with Crippen LogP contribution in [-0.4, -0.2) is 38.1 Å². The molecule has 0 spiro atoms. The average molecular weight is 410 g/mol. The van der Waals surface area contributed by atoms with E-state index in [0.717, 1.165) is 11.6 Å². The van der Waals surface area contributed by atoms with Crippen molar-refractivity contribution in [3.8, 4) is 0 Å². The van der Waals surface area contributed by atoms with Gasteiger partial charge in [0.15, 0.2) is 0 Å². The van der Waals surface area contributed by atoms with Crippen LogP contribution < -0.4 is 5.32 Å². The molecule has 0 aliphatic carbocycles. The van der Waals surface area contributed by atoms with Gasteiger partial charge in [-0.25, -0.2) is 9.59 Å². The molecule has 1 amide bonds. The molecule has 158 valence electrons. The van der Waals surface area contributed by atoms with E-state index in [1.165, 1.54) is 0 Å². The number of esters is 1. The Morgan fingerprint density at radius 3 is 2.18 bits per heavy atom. The van der Waals surface area contributed by atoms with Crippen molar-refractivity contribution in [1.82, 2.24) is 5.32 Å². The van der Waals surface area contributed by atoms with Crippen LogP contribution in [0.4, 0.5) is 4.79 Å². The van der Waals surface area contributed by atoms with Gasteiger partial charge in [-0.1, -0.05) is 56.9 Å². The van der Waals surface area contributed by atoms with Crippen LogP contribution in [0.1, 0.15) is 39.7 Å². The normalized spacial score (nSPS) is 14.1. The highest BCUT2D eigenvalue weighted by Crippen LogP contribution is 2.20. The van der Waals surface area contributed by atoms with Gasteiger partial charge in [0, 0.05) is 14.5 Å². The molecule has 0 saturated heterocycles. The third-order valence-corrected chi connectivity index (χ3v) is 5.65. The molecule has 0 bridgehead atoms. The number of benzene rings is 1. The quantitative estimate of drug-likeness (QED) is 0.363. The fourth-order valence-electron chi connectivity index (χ4n) is 2.30. The molecule has 7 heteroatoms. The zero-order valence-corrected chi connectivity index (χ0v) is 19.3. The average Bonchev–Trinajstić information content (AvgIpc) is 2.56. The largest absolute Gasteiger partial charge is 0.462 e. The second-order valence-corrected chi connectivity index (χ2v) is 14.6. The van der Waals surface area contributed by atoms with Crippen LogP contribution >= 0.6 is 0 Å². The lowest BCUT2D eigenvalue weighted by Gasteiger charge is -2.32. The standard InChI is InChI=1S/C21H35NO5Si/c1-8-21(22-19(24)27-20(2,3)4,18(23)25-14-15-28(5,6)7)26-16-17-12-10-9-11-13-17/h9-13H,8,14-16H2,1-7H3,(H,22,24)/t21-/m1/s1. The van der Waals surface area contributed by atoms with Crippen molar-refractivity contribution in [3.63, 3.8) is 0 Å². The van der Waals surface area contributed by atoms with Crippen LogP contribution in [0.3, 0.4) is 0 Å². The van der Waals surface area contributed by atoms with Gasteiger partial charge in [0.05, 0.1) is 13.2 Å². The second kappa shape index (κ2) is 10.1. The van der Waals surface area contributed by atoms with E-state index in [-0.39, 0.29) is 13.0 Å². The summed E-state index contributed by atoms with van der Waals surface area (Å²) in [5, 5.41) is 2.61. The summed E-state index contributed by atoms with van der Waals surface area (Å²) in [6, 6.07) is 10.3. The van der Waals surface area contributed by atoms with Gasteiger partial charge in [-0.2, -0.15) is 0 Å². The molecule has 1 atom stereocenters. The van der Waals surface area contributed by atoms with Crippen LogP contribution in [0.15, 0.2) is 30.3 Å². The predicted octanol–water partition coefficient (Wildman–Crippen LogP) is 4.72. The molecule has 0 unspecified atom stereocenters. The van der Waals surface area contributed by atoms with E-state index in [0.29, 0.717) is 6.61 Å². The van der Waals surface area contributed by atoms with E-state index >= 15 is 0 Å². The minimum atomic E-state index is -1.60. The molecule has 1 aromatic carbocycles. The SMILES string of the molecule is CC[C@@](NC(=O)OC(C)(C)C)(OCc1ccccc1)C(=O)OCC[Si](C)(C)C. The summed E-state index contributed by atoms with van der Waals surface area (Å²) in [6.07, 6.45) is -0.505. The molecular weight excluding hydrogens is 374 g/mol. The zero-order valence-electron chi connectivity index (χ0n) is 18.3. The minimum absolute atomic E-state index is 0.160. The molecule has 0 aliphatic heterocycles. The summed E-state index contributed by atoms with van der Waals surface area (Å²) in [7, 11) is -1.36. The van der Waals surface area contributed by atoms with Crippen molar-refractivity contribution < 1.29 is 23.8 Å². The van der Waals surface area contributed by atoms with E-state index in [1.54, 1.807) is 27.7 Å². The molecular formula is C21H35NO5Si. The molecule has 0 aliphatic rings. The molecule has 0 fully saturated rings. The summed E-state index contributed by atoms with van der Waals surface area (Å²) >= 11 is 0. The van der Waals surface area contributed by atoms with Crippen molar-refractivity contribution in [2.24, 2.45) is 0 Å². The Morgan fingerprint density at radius 2 is 1.68 bits per heavy atom. The van der Waals surface area contributed by atoms with Crippen LogP contribution in [0.5, 0.6) is 0 Å². The predicted molar refractivity (Wildman–Crippen MR) is 113 cm³/mol. The van der Waals surface area contributed by atoms with E-state index in [9.17, 15) is 9.59 Å². The van der Waals surface area contributed by atoms with Crippen molar-refractivity contribution >= 4 is 20.1 Å². The van der Waals surface area contributed by atoms with E-state index in [2.05, 4.69) is 25.0 Å². The number of hydrogen-bond donors (Lipinski definition) is 1. The molecule has 0 heterocycles. The van der Waals surface area contributed by atoms with Crippen LogP contribution in [0.25, 0.3) is 0 Å². The molecule has 0 radical (unpaired) electrons. The van der Waals surface area contributed by atoms with Gasteiger partial charge >= 0.3 is 12.1 Å². The second-order valence-electron chi connectivity index (χ2n) is 9.03. The number of carbonyl (C=O) groups excluding carboxylic acids is 2. The number of amides is 1. The number of ether oxygens (including phenoxy) is 3. The van der Waals surface area contributed by atoms with E-state index in [4.69, 9.17) is 14.2 Å². The van der Waals surface area contributed by atoms with E-state index < -0.39 is 31.5 Å². The summed E-state index contributed by atoms with van der Waals surface area (Å²) in [5.41, 5.74) is -1.40. The first-order valence-corrected chi connectivity index (χ1v) is 13.4. The van der Waals surface area contributed by atoms with Gasteiger partial charge in [-0.3, -0.25) is 5.32 Å². The molecule has 0 saturated carbocycles. The topological polar surface area (TPSA) is 73.9 Å². The Hall–Kier alpha value is -1.86. The van der Waals surface area contributed by atoms with Gasteiger partial charge in [0.2, 0.25) is 5.72 Å². The molecule has 1 N–H and O–H groups in total. The Bertz CT molecular complexity index is 636. The van der Waals surface area contributed by atoms with Gasteiger partial charge < -0.3 is 14.2 Å². The Balaban J connectivity index is 2.94. The Morgan fingerprint density at radius 1 is 1.07 bits per heavy atom. The first-order chi connectivity index (χ1) is 12.9. The van der Waals surface area contributed by atoms with Gasteiger partial charge in [0.1, 0.15) is 5.60 Å². The first kappa shape index (κ1) is 24.2. The van der Waals surface area contributed by atoms with Crippen molar-refractivity contribution in [1.29, 1.82) is 0 Å². The third-order valence-electron chi connectivity index (χ3n) is 3.94. The monoisotopic (exact) mass is 409 g/mol. The van der Waals surface area contributed by atoms with Crippen LogP contribution in [-0.2, 0) is 25.6 Å². The highest BCUT2D eigenvalue weighted by Gasteiger charge is 2.42. The van der Waals surface area contributed by atoms with Crippen LogP contribution in [0.2, 0.25) is 25.7 Å². The summed E-state index contributed by atoms with van der Waals surface area (Å²) in [4.78, 5) is 25.3. The molecule has 1 rings (SSSR count). The van der Waals surface area contributed by atoms with Gasteiger partial charge in [-0.05, 0) is 32.4 Å². The molecule has 1 aromatic rings. The van der Waals surface area contributed by atoms with Crippen molar-refractivity contribution in [2.45, 2.75) is 77.7 Å². The first-order valence-electron chi connectivity index (χ1n) is 9.73. The van der Waals surface area contributed by atoms with Crippen molar-refractivity contribution in [2.75, 3.05) is 6.61 Å². The zero-order chi connectivity index (χ0) is 21.4. The Kier molecular flexibility index (Phi) is 8.69. The maximum Gasteiger partial charge on any atom is 0.410 e. The molecule has 28 heavy (non-hydrogen) atoms. The summed E-state index contributed by atoms with van der Waals surface area (Å²) < 4.78 is 16.7. The van der Waals surface area contributed by atoms with E-state index in [1.807, 2.05) is 30.3 Å². The Labute approximate surface area is 170 Å². The highest BCUT2D eigenvalue weighted by molar-refractivity contribution is 6.76. The fraction of sp³-hybridized carbons (Fsp3) is 0.619. The lowest BCUT2D eigenvalue weighted by molar-refractivity contribution is -0.180. The van der Waals surface area contributed by atoms with Crippen molar-refractivity contribution in [3.05, 3.63) is 35.9 Å². The number of hydrogen-bond acceptors (Lipinski definition) is 5. The lowest BCUT2D eigenvalue weighted by Crippen LogP contribution is -2.57. The smallest absolute Gasteiger partial charge is 0.410 e. The fourth-order valence-corrected chi connectivity index (χ4v) is 3.01. The number of alkyl carbamates (subject to hydrolysis) is 1. The summed E-state index contributed by atoms with van der Waals surface area (Å²) in [5.74, 6) is -0.602. The number of carbonyl (C=O) groups is 2. The highest BCUT2D eigenvalue weighted by atomic mass is 28.3. The minimum Gasteiger partial charge on any atom is -0.462 e.